The zero-order valence-electron chi connectivity index (χ0n) is 11.0. The highest BCUT2D eigenvalue weighted by Gasteiger charge is 2.22. The molecule has 0 bridgehead atoms. The van der Waals surface area contributed by atoms with Crippen molar-refractivity contribution in [3.8, 4) is 5.75 Å². The summed E-state index contributed by atoms with van der Waals surface area (Å²) in [6, 6.07) is 7.57. The van der Waals surface area contributed by atoms with Gasteiger partial charge in [0.05, 0.1) is 7.11 Å². The van der Waals surface area contributed by atoms with E-state index in [1.54, 1.807) is 7.11 Å². The topological polar surface area (TPSA) is 41.6 Å². The Balaban J connectivity index is 2.04. The zero-order valence-corrected chi connectivity index (χ0v) is 11.0. The van der Waals surface area contributed by atoms with Gasteiger partial charge < -0.3 is 15.0 Å². The van der Waals surface area contributed by atoms with Crippen LogP contribution in [0.2, 0.25) is 0 Å². The monoisotopic (exact) mass is 248 g/mol. The minimum Gasteiger partial charge on any atom is -0.497 e. The molecule has 1 atom stereocenters. The molecule has 1 N–H and O–H groups in total. The molecule has 4 heteroatoms. The molecule has 0 aliphatic carbocycles. The van der Waals surface area contributed by atoms with Gasteiger partial charge in [-0.3, -0.25) is 4.79 Å². The predicted molar refractivity (Wildman–Crippen MR) is 71.0 cm³/mol. The summed E-state index contributed by atoms with van der Waals surface area (Å²) in [5.74, 6) is 0.847. The van der Waals surface area contributed by atoms with Gasteiger partial charge in [-0.25, -0.2) is 0 Å². The highest BCUT2D eigenvalue weighted by Crippen LogP contribution is 2.15. The minimum atomic E-state index is 0.0753. The van der Waals surface area contributed by atoms with Crippen molar-refractivity contribution < 1.29 is 9.53 Å². The second kappa shape index (κ2) is 5.87. The van der Waals surface area contributed by atoms with Crippen molar-refractivity contribution in [2.45, 2.75) is 18.9 Å². The molecule has 0 radical (unpaired) electrons. The SMILES string of the molecule is COc1ccc(C(=O)N(C)[C@H]2CCCNC2)cc1. The van der Waals surface area contributed by atoms with E-state index >= 15 is 0 Å². The number of methoxy groups -OCH3 is 1. The number of nitrogens with one attached hydrogen (secondary N) is 1. The Morgan fingerprint density at radius 1 is 1.39 bits per heavy atom. The molecule has 1 saturated heterocycles. The highest BCUT2D eigenvalue weighted by molar-refractivity contribution is 5.94. The summed E-state index contributed by atoms with van der Waals surface area (Å²) in [7, 11) is 3.50. The van der Waals surface area contributed by atoms with Crippen molar-refractivity contribution in [2.24, 2.45) is 0 Å². The average molecular weight is 248 g/mol. The first-order valence-corrected chi connectivity index (χ1v) is 6.34. The molecule has 1 aromatic carbocycles. The summed E-state index contributed by atoms with van der Waals surface area (Å²) in [5, 5.41) is 3.33. The third-order valence-corrected chi connectivity index (χ3v) is 3.48. The number of carbonyl (C=O) groups excluding carboxylic acids is 1. The molecule has 1 aliphatic heterocycles. The Bertz CT molecular complexity index is 397. The minimum absolute atomic E-state index is 0.0753. The fourth-order valence-corrected chi connectivity index (χ4v) is 2.27. The van der Waals surface area contributed by atoms with Crippen LogP contribution < -0.4 is 10.1 Å². The van der Waals surface area contributed by atoms with Gasteiger partial charge in [0.15, 0.2) is 0 Å². The molecule has 18 heavy (non-hydrogen) atoms. The van der Waals surface area contributed by atoms with E-state index in [0.717, 1.165) is 31.7 Å². The molecule has 0 unspecified atom stereocenters. The van der Waals surface area contributed by atoms with E-state index in [2.05, 4.69) is 5.32 Å². The summed E-state index contributed by atoms with van der Waals surface area (Å²) < 4.78 is 5.09. The van der Waals surface area contributed by atoms with Gasteiger partial charge in [0.25, 0.3) is 5.91 Å². The van der Waals surface area contributed by atoms with Crippen LogP contribution in [0, 0.1) is 0 Å². The summed E-state index contributed by atoms with van der Waals surface area (Å²) in [6.45, 7) is 1.94. The van der Waals surface area contributed by atoms with Crippen LogP contribution in [0.15, 0.2) is 24.3 Å². The first kappa shape index (κ1) is 12.9. The number of nitrogens with zero attached hydrogens (tertiary/aromatic N) is 1. The maximum Gasteiger partial charge on any atom is 0.253 e. The van der Waals surface area contributed by atoms with Crippen molar-refractivity contribution in [2.75, 3.05) is 27.2 Å². The fourth-order valence-electron chi connectivity index (χ4n) is 2.27. The second-order valence-electron chi connectivity index (χ2n) is 4.64. The lowest BCUT2D eigenvalue weighted by atomic mass is 10.1. The number of amides is 1. The molecule has 4 nitrogen and oxygen atoms in total. The van der Waals surface area contributed by atoms with E-state index in [1.165, 1.54) is 0 Å². The van der Waals surface area contributed by atoms with Crippen LogP contribution in [0.5, 0.6) is 5.75 Å². The summed E-state index contributed by atoms with van der Waals surface area (Å²) in [5.41, 5.74) is 0.712. The van der Waals surface area contributed by atoms with Crippen molar-refractivity contribution in [1.82, 2.24) is 10.2 Å². The van der Waals surface area contributed by atoms with E-state index in [0.29, 0.717) is 11.6 Å². The number of hydrogen-bond acceptors (Lipinski definition) is 3. The van der Waals surface area contributed by atoms with Gasteiger partial charge in [0, 0.05) is 25.2 Å². The number of rotatable bonds is 3. The van der Waals surface area contributed by atoms with E-state index < -0.39 is 0 Å². The molecule has 1 amide bonds. The van der Waals surface area contributed by atoms with E-state index in [9.17, 15) is 4.79 Å². The van der Waals surface area contributed by atoms with Gasteiger partial charge in [0.2, 0.25) is 0 Å². The molecular formula is C14H20N2O2. The van der Waals surface area contributed by atoms with E-state index in [-0.39, 0.29) is 5.91 Å². The Morgan fingerprint density at radius 2 is 2.11 bits per heavy atom. The van der Waals surface area contributed by atoms with Crippen molar-refractivity contribution in [3.63, 3.8) is 0 Å². The molecule has 98 valence electrons. The molecule has 2 rings (SSSR count). The van der Waals surface area contributed by atoms with Crippen LogP contribution in [-0.2, 0) is 0 Å². The predicted octanol–water partition coefficient (Wildman–Crippen LogP) is 1.52. The third kappa shape index (κ3) is 2.82. The van der Waals surface area contributed by atoms with Crippen molar-refractivity contribution in [3.05, 3.63) is 29.8 Å². The van der Waals surface area contributed by atoms with Gasteiger partial charge >= 0.3 is 0 Å². The molecule has 0 spiro atoms. The lowest BCUT2D eigenvalue weighted by Gasteiger charge is -2.31. The first-order valence-electron chi connectivity index (χ1n) is 6.34. The summed E-state index contributed by atoms with van der Waals surface area (Å²) >= 11 is 0. The third-order valence-electron chi connectivity index (χ3n) is 3.48. The van der Waals surface area contributed by atoms with Gasteiger partial charge in [-0.05, 0) is 43.7 Å². The van der Waals surface area contributed by atoms with Gasteiger partial charge in [0.1, 0.15) is 5.75 Å². The summed E-state index contributed by atoms with van der Waals surface area (Å²) in [4.78, 5) is 14.1. The molecule has 1 aliphatic rings. The van der Waals surface area contributed by atoms with Crippen LogP contribution in [0.3, 0.4) is 0 Å². The average Bonchev–Trinajstić information content (AvgIpc) is 2.47. The lowest BCUT2D eigenvalue weighted by Crippen LogP contribution is -2.46. The number of carbonyl (C=O) groups is 1. The quantitative estimate of drug-likeness (QED) is 0.881. The van der Waals surface area contributed by atoms with E-state index in [4.69, 9.17) is 4.74 Å². The molecule has 0 saturated carbocycles. The van der Waals surface area contributed by atoms with Crippen LogP contribution in [0.4, 0.5) is 0 Å². The maximum absolute atomic E-state index is 12.3. The Morgan fingerprint density at radius 3 is 2.67 bits per heavy atom. The maximum atomic E-state index is 12.3. The Kier molecular flexibility index (Phi) is 4.20. The fraction of sp³-hybridized carbons (Fsp3) is 0.500. The standard InChI is InChI=1S/C14H20N2O2/c1-16(12-4-3-9-15-10-12)14(17)11-5-7-13(18-2)8-6-11/h5-8,12,15H,3-4,9-10H2,1-2H3/t12-/m0/s1. The number of likely N-dealkylation sites (N-methyl/N-ethyl adjacent to an activating group) is 1. The number of piperidine rings is 1. The van der Waals surface area contributed by atoms with Gasteiger partial charge in [-0.2, -0.15) is 0 Å². The van der Waals surface area contributed by atoms with Crippen LogP contribution >= 0.6 is 0 Å². The lowest BCUT2D eigenvalue weighted by molar-refractivity contribution is 0.0708. The largest absolute Gasteiger partial charge is 0.497 e. The van der Waals surface area contributed by atoms with Crippen LogP contribution in [0.1, 0.15) is 23.2 Å². The van der Waals surface area contributed by atoms with Crippen molar-refractivity contribution >= 4 is 5.91 Å². The molecule has 1 aromatic rings. The molecule has 1 fully saturated rings. The smallest absolute Gasteiger partial charge is 0.253 e. The first-order chi connectivity index (χ1) is 8.72. The Labute approximate surface area is 108 Å². The van der Waals surface area contributed by atoms with Gasteiger partial charge in [-0.15, -0.1) is 0 Å². The molecular weight excluding hydrogens is 228 g/mol. The highest BCUT2D eigenvalue weighted by atomic mass is 16.5. The number of hydrogen-bond donors (Lipinski definition) is 1. The Hall–Kier alpha value is -1.55. The molecule has 0 aromatic heterocycles. The molecule has 1 heterocycles. The number of benzene rings is 1. The zero-order chi connectivity index (χ0) is 13.0. The number of ether oxygens (including phenoxy) is 1. The normalized spacial score (nSPS) is 19.3. The van der Waals surface area contributed by atoms with Crippen LogP contribution in [-0.4, -0.2) is 44.1 Å². The summed E-state index contributed by atoms with van der Waals surface area (Å²) in [6.07, 6.45) is 2.20. The second-order valence-corrected chi connectivity index (χ2v) is 4.64. The van der Waals surface area contributed by atoms with Crippen LogP contribution in [0.25, 0.3) is 0 Å². The van der Waals surface area contributed by atoms with E-state index in [1.807, 2.05) is 36.2 Å². The van der Waals surface area contributed by atoms with Crippen molar-refractivity contribution in [1.29, 1.82) is 0 Å². The van der Waals surface area contributed by atoms with Gasteiger partial charge in [-0.1, -0.05) is 0 Å².